The third-order valence-electron chi connectivity index (χ3n) is 3.72. The highest BCUT2D eigenvalue weighted by atomic mass is 35.5. The number of halogens is 2. The van der Waals surface area contributed by atoms with Crippen molar-refractivity contribution in [3.8, 4) is 11.4 Å². The summed E-state index contributed by atoms with van der Waals surface area (Å²) in [5.41, 5.74) is -0.114. The molecular formula is C15H17ClFN5O. The normalized spacial score (nSPS) is 17.3. The van der Waals surface area contributed by atoms with E-state index in [1.165, 1.54) is 12.3 Å². The van der Waals surface area contributed by atoms with E-state index in [1.807, 2.05) is 4.90 Å². The minimum absolute atomic E-state index is 0.0426. The summed E-state index contributed by atoms with van der Waals surface area (Å²) in [6.45, 7) is 6.24. The van der Waals surface area contributed by atoms with Crippen molar-refractivity contribution >= 4 is 17.4 Å². The number of hydrogen-bond donors (Lipinski definition) is 2. The molecule has 0 spiro atoms. The molecule has 0 aliphatic carbocycles. The SMILES string of the molecule is CC1(C)CN(c2nc(-c3ccnc(F)c3)[nH]c(=O)c2Cl)CCN1. The number of nitrogens with zero attached hydrogens (tertiary/aromatic N) is 3. The summed E-state index contributed by atoms with van der Waals surface area (Å²) < 4.78 is 13.3. The van der Waals surface area contributed by atoms with Crippen LogP contribution in [0.4, 0.5) is 10.2 Å². The first kappa shape index (κ1) is 15.9. The van der Waals surface area contributed by atoms with Gasteiger partial charge in [0.25, 0.3) is 5.56 Å². The van der Waals surface area contributed by atoms with Crippen molar-refractivity contribution < 1.29 is 4.39 Å². The second kappa shape index (κ2) is 5.90. The molecule has 0 unspecified atom stereocenters. The first-order valence-electron chi connectivity index (χ1n) is 7.27. The van der Waals surface area contributed by atoms with Crippen LogP contribution in [0, 0.1) is 5.95 Å². The Kier molecular flexibility index (Phi) is 4.08. The molecule has 0 radical (unpaired) electrons. The quantitative estimate of drug-likeness (QED) is 0.818. The maximum Gasteiger partial charge on any atom is 0.272 e. The number of hydrogen-bond acceptors (Lipinski definition) is 5. The van der Waals surface area contributed by atoms with E-state index in [9.17, 15) is 9.18 Å². The van der Waals surface area contributed by atoms with Crippen LogP contribution in [0.5, 0.6) is 0 Å². The molecule has 1 fully saturated rings. The highest BCUT2D eigenvalue weighted by Crippen LogP contribution is 2.25. The molecule has 0 amide bonds. The fourth-order valence-corrected chi connectivity index (χ4v) is 2.87. The van der Waals surface area contributed by atoms with Crippen LogP contribution in [-0.2, 0) is 0 Å². The Bertz CT molecular complexity index is 792. The van der Waals surface area contributed by atoms with E-state index in [0.29, 0.717) is 24.5 Å². The summed E-state index contributed by atoms with van der Waals surface area (Å²) in [5, 5.41) is 3.43. The van der Waals surface area contributed by atoms with Crippen molar-refractivity contribution in [2.24, 2.45) is 0 Å². The topological polar surface area (TPSA) is 73.9 Å². The van der Waals surface area contributed by atoms with E-state index in [0.717, 1.165) is 6.54 Å². The molecule has 1 aliphatic rings. The van der Waals surface area contributed by atoms with Crippen LogP contribution in [0.3, 0.4) is 0 Å². The third kappa shape index (κ3) is 3.35. The molecule has 3 rings (SSSR count). The van der Waals surface area contributed by atoms with Crippen molar-refractivity contribution in [3.05, 3.63) is 39.7 Å². The van der Waals surface area contributed by atoms with Gasteiger partial charge in [-0.25, -0.2) is 9.97 Å². The lowest BCUT2D eigenvalue weighted by Gasteiger charge is -2.39. The summed E-state index contributed by atoms with van der Waals surface area (Å²) in [7, 11) is 0. The molecular weight excluding hydrogens is 321 g/mol. The number of nitrogens with one attached hydrogen (secondary N) is 2. The van der Waals surface area contributed by atoms with Crippen LogP contribution >= 0.6 is 11.6 Å². The molecule has 2 aromatic rings. The van der Waals surface area contributed by atoms with Gasteiger partial charge in [0.2, 0.25) is 5.95 Å². The van der Waals surface area contributed by atoms with Gasteiger partial charge in [-0.2, -0.15) is 4.39 Å². The van der Waals surface area contributed by atoms with Crippen molar-refractivity contribution in [3.63, 3.8) is 0 Å². The lowest BCUT2D eigenvalue weighted by molar-refractivity contribution is 0.351. The second-order valence-electron chi connectivity index (χ2n) is 6.15. The summed E-state index contributed by atoms with van der Waals surface area (Å²) in [5.74, 6) is 0.0502. The zero-order chi connectivity index (χ0) is 16.6. The van der Waals surface area contributed by atoms with Gasteiger partial charge in [-0.05, 0) is 19.9 Å². The number of H-pyrrole nitrogens is 1. The molecule has 122 valence electrons. The molecule has 23 heavy (non-hydrogen) atoms. The van der Waals surface area contributed by atoms with Crippen molar-refractivity contribution in [2.75, 3.05) is 24.5 Å². The van der Waals surface area contributed by atoms with E-state index in [4.69, 9.17) is 11.6 Å². The van der Waals surface area contributed by atoms with Crippen LogP contribution in [0.2, 0.25) is 5.02 Å². The Balaban J connectivity index is 2.05. The molecule has 3 heterocycles. The molecule has 1 aliphatic heterocycles. The summed E-state index contributed by atoms with van der Waals surface area (Å²) in [6.07, 6.45) is 1.33. The molecule has 0 aromatic carbocycles. The minimum atomic E-state index is -0.634. The van der Waals surface area contributed by atoms with Gasteiger partial charge in [0, 0.05) is 43.0 Å². The van der Waals surface area contributed by atoms with Gasteiger partial charge in [0.1, 0.15) is 10.8 Å². The molecule has 6 nitrogen and oxygen atoms in total. The van der Waals surface area contributed by atoms with Crippen LogP contribution in [0.25, 0.3) is 11.4 Å². The highest BCUT2D eigenvalue weighted by Gasteiger charge is 2.28. The first-order valence-corrected chi connectivity index (χ1v) is 7.65. The lowest BCUT2D eigenvalue weighted by atomic mass is 10.0. The first-order chi connectivity index (χ1) is 10.9. The van der Waals surface area contributed by atoms with Crippen molar-refractivity contribution in [1.82, 2.24) is 20.3 Å². The summed E-state index contributed by atoms with van der Waals surface area (Å²) in [6, 6.07) is 2.80. The van der Waals surface area contributed by atoms with Gasteiger partial charge in [-0.1, -0.05) is 11.6 Å². The molecule has 0 saturated carbocycles. The van der Waals surface area contributed by atoms with E-state index in [2.05, 4.69) is 34.1 Å². The summed E-state index contributed by atoms with van der Waals surface area (Å²) in [4.78, 5) is 24.7. The predicted octanol–water partition coefficient (Wildman–Crippen LogP) is 1.81. The Labute approximate surface area is 137 Å². The molecule has 2 aromatic heterocycles. The molecule has 0 bridgehead atoms. The fraction of sp³-hybridized carbons (Fsp3) is 0.400. The van der Waals surface area contributed by atoms with E-state index < -0.39 is 11.5 Å². The molecule has 1 saturated heterocycles. The fourth-order valence-electron chi connectivity index (χ4n) is 2.67. The van der Waals surface area contributed by atoms with Crippen molar-refractivity contribution in [2.45, 2.75) is 19.4 Å². The van der Waals surface area contributed by atoms with Crippen LogP contribution in [-0.4, -0.2) is 40.1 Å². The number of aromatic nitrogens is 3. The Morgan fingerprint density at radius 3 is 2.91 bits per heavy atom. The average molecular weight is 338 g/mol. The molecule has 2 N–H and O–H groups in total. The number of rotatable bonds is 2. The smallest absolute Gasteiger partial charge is 0.272 e. The molecule has 8 heteroatoms. The largest absolute Gasteiger partial charge is 0.352 e. The number of anilines is 1. The number of piperazine rings is 1. The zero-order valence-electron chi connectivity index (χ0n) is 12.9. The van der Waals surface area contributed by atoms with Gasteiger partial charge in [-0.15, -0.1) is 0 Å². The predicted molar refractivity (Wildman–Crippen MR) is 87.4 cm³/mol. The van der Waals surface area contributed by atoms with Gasteiger partial charge in [0.05, 0.1) is 0 Å². The van der Waals surface area contributed by atoms with E-state index in [-0.39, 0.29) is 16.4 Å². The average Bonchev–Trinajstić information content (AvgIpc) is 2.49. The van der Waals surface area contributed by atoms with Crippen molar-refractivity contribution in [1.29, 1.82) is 0 Å². The van der Waals surface area contributed by atoms with Crippen LogP contribution < -0.4 is 15.8 Å². The van der Waals surface area contributed by atoms with Gasteiger partial charge >= 0.3 is 0 Å². The second-order valence-corrected chi connectivity index (χ2v) is 6.53. The minimum Gasteiger partial charge on any atom is -0.352 e. The third-order valence-corrected chi connectivity index (χ3v) is 4.06. The standard InChI is InChI=1S/C15H17ClFN5O/c1-15(2)8-22(6-5-19-15)13-11(16)14(23)21-12(20-13)9-3-4-18-10(17)7-9/h3-4,7,19H,5-6,8H2,1-2H3,(H,20,21,23). The lowest BCUT2D eigenvalue weighted by Crippen LogP contribution is -2.57. The Morgan fingerprint density at radius 1 is 1.43 bits per heavy atom. The van der Waals surface area contributed by atoms with E-state index in [1.54, 1.807) is 6.07 Å². The zero-order valence-corrected chi connectivity index (χ0v) is 13.6. The van der Waals surface area contributed by atoms with Gasteiger partial charge in [0.15, 0.2) is 5.82 Å². The monoisotopic (exact) mass is 337 g/mol. The Morgan fingerprint density at radius 2 is 2.22 bits per heavy atom. The number of aromatic amines is 1. The van der Waals surface area contributed by atoms with E-state index >= 15 is 0 Å². The maximum atomic E-state index is 13.3. The Hall–Kier alpha value is -1.99. The van der Waals surface area contributed by atoms with Crippen LogP contribution in [0.15, 0.2) is 23.1 Å². The molecule has 0 atom stereocenters. The summed E-state index contributed by atoms with van der Waals surface area (Å²) >= 11 is 6.16. The van der Waals surface area contributed by atoms with Gasteiger partial charge < -0.3 is 15.2 Å². The van der Waals surface area contributed by atoms with Gasteiger partial charge in [-0.3, -0.25) is 4.79 Å². The number of pyridine rings is 1. The maximum absolute atomic E-state index is 13.3. The highest BCUT2D eigenvalue weighted by molar-refractivity contribution is 6.32. The van der Waals surface area contributed by atoms with Crippen LogP contribution in [0.1, 0.15) is 13.8 Å².